The number of aromatic carboxylic acids is 3. The molecule has 0 aliphatic carbocycles. The van der Waals surface area contributed by atoms with E-state index in [9.17, 15) is 78.7 Å². The summed E-state index contributed by atoms with van der Waals surface area (Å²) in [5.41, 5.74) is 16.3. The SMILES string of the molecule is NC(=O)c1ccc[n+]([C@@H]2O[C@H](CO)[C@@H](O)[C@H]2O)c1.NC(=O)c1ccc[n+]([C@@H]2O[C@H](COP(=O)(O)O)[C@@H](O)[C@H]2O)c1.NC(=O)c1cccnc1.O=C(O)c1ccc[n+]([C@@H]2O[C@H](CO)[C@@H](O)[C@H]2O)c1.O=C(O)c1ccc[n+]([C@@H]2O[C@H](COP(=O)(O)O)[C@@H](O)[C@H]2O)c1.O=C(O)c1cccnc1. The van der Waals surface area contributed by atoms with Gasteiger partial charge in [0.2, 0.25) is 5.91 Å². The van der Waals surface area contributed by atoms with Crippen LogP contribution in [0.2, 0.25) is 0 Å². The van der Waals surface area contributed by atoms with E-state index < -0.39 is 176 Å². The number of carboxylic acids is 3. The van der Waals surface area contributed by atoms with E-state index in [1.807, 2.05) is 0 Å². The van der Waals surface area contributed by atoms with Gasteiger partial charge in [-0.1, -0.05) is 0 Å². The van der Waals surface area contributed by atoms with E-state index in [-0.39, 0.29) is 27.8 Å². The summed E-state index contributed by atoms with van der Waals surface area (Å²) < 4.78 is 56.4. The number of aliphatic hydroxyl groups is 10. The monoisotopic (exact) mass is 1430 g/mol. The van der Waals surface area contributed by atoms with E-state index in [4.69, 9.17) is 81.3 Å². The summed E-state index contributed by atoms with van der Waals surface area (Å²) in [5, 5.41) is 123. The number of aliphatic hydroxyl groups excluding tert-OH is 10. The lowest BCUT2D eigenvalue weighted by molar-refractivity contribution is -0.766. The Hall–Kier alpha value is -8.62. The third-order valence-corrected chi connectivity index (χ3v) is 14.9. The maximum atomic E-state index is 11.1. The third-order valence-electron chi connectivity index (χ3n) is 13.9. The number of phosphoric acid groups is 2. The molecule has 0 aromatic carbocycles. The predicted octanol–water partition coefficient (Wildman–Crippen LogP) is -6.87. The molecule has 0 saturated carbocycles. The number of carbonyl (C=O) groups is 6. The molecule has 4 saturated heterocycles. The van der Waals surface area contributed by atoms with Crippen molar-refractivity contribution >= 4 is 51.3 Å². The minimum atomic E-state index is -4.73. The zero-order valence-corrected chi connectivity index (χ0v) is 52.3. The molecule has 6 aromatic heterocycles. The smallest absolute Gasteiger partial charge is 0.469 e. The quantitative estimate of drug-likeness (QED) is 0.0281. The zero-order chi connectivity index (χ0) is 72.9. The van der Waals surface area contributed by atoms with Crippen molar-refractivity contribution < 1.29 is 170 Å². The van der Waals surface area contributed by atoms with Crippen LogP contribution in [0.3, 0.4) is 0 Å². The first-order valence-electron chi connectivity index (χ1n) is 28.2. The second-order valence-corrected chi connectivity index (χ2v) is 23.3. The highest BCUT2D eigenvalue weighted by Crippen LogP contribution is 2.39. The van der Waals surface area contributed by atoms with Gasteiger partial charge >= 0.3 is 33.6 Å². The van der Waals surface area contributed by atoms with Crippen LogP contribution < -0.4 is 35.5 Å². The molecule has 10 rings (SSSR count). The number of primary amides is 3. The van der Waals surface area contributed by atoms with Crippen LogP contribution in [-0.4, -0.2) is 231 Å². The number of hydrogen-bond acceptors (Lipinski definition) is 26. The fourth-order valence-electron chi connectivity index (χ4n) is 8.97. The Morgan fingerprint density at radius 1 is 0.398 bits per heavy atom. The number of nitrogens with two attached hydrogens (primary N) is 3. The van der Waals surface area contributed by atoms with Crippen molar-refractivity contribution in [3.05, 3.63) is 181 Å². The maximum Gasteiger partial charge on any atom is 0.469 e. The molecule has 6 aromatic rings. The van der Waals surface area contributed by atoms with Gasteiger partial charge in [-0.25, -0.2) is 23.5 Å². The van der Waals surface area contributed by atoms with Gasteiger partial charge in [-0.05, 0) is 48.5 Å². The summed E-state index contributed by atoms with van der Waals surface area (Å²) in [5.74, 6) is -4.94. The van der Waals surface area contributed by atoms with Gasteiger partial charge < -0.3 is 122 Å². The predicted molar refractivity (Wildman–Crippen MR) is 315 cm³/mol. The molecular formula is C56H71N9O31P2+4. The maximum absolute atomic E-state index is 11.1. The molecule has 3 amide bonds. The second kappa shape index (κ2) is 36.8. The number of nitrogens with zero attached hydrogens (tertiary/aromatic N) is 6. The van der Waals surface area contributed by atoms with E-state index in [0.29, 0.717) is 5.56 Å². The molecule has 40 nitrogen and oxygen atoms in total. The fraction of sp³-hybridized carbons (Fsp3) is 0.357. The molecule has 16 atom stereocenters. The Bertz CT molecular complexity index is 3500. The van der Waals surface area contributed by atoms with Crippen LogP contribution in [0.25, 0.3) is 0 Å². The summed E-state index contributed by atoms with van der Waals surface area (Å²) in [6.45, 7) is -2.05. The van der Waals surface area contributed by atoms with Gasteiger partial charge in [0, 0.05) is 49.1 Å². The number of amides is 3. The number of rotatable bonds is 18. The number of carbonyl (C=O) groups excluding carboxylic acids is 3. The molecule has 0 bridgehead atoms. The molecule has 0 radical (unpaired) electrons. The molecule has 42 heteroatoms. The second-order valence-electron chi connectivity index (χ2n) is 20.8. The van der Waals surface area contributed by atoms with Crippen LogP contribution in [0.15, 0.2) is 147 Å². The minimum Gasteiger partial charge on any atom is -0.478 e. The molecule has 532 valence electrons. The first-order valence-corrected chi connectivity index (χ1v) is 31.2. The number of ether oxygens (including phenoxy) is 4. The van der Waals surface area contributed by atoms with Crippen molar-refractivity contribution in [3.8, 4) is 0 Å². The minimum absolute atomic E-state index is 0.0373. The third kappa shape index (κ3) is 23.3. The standard InChI is InChI=1S/C11H15N2O8P.C11H14N2O5.C11H14NO9P.C11H13NO6.C6H6N2O.C6H5NO2/c12-10(16)6-2-1-3-13(4-6)11-9(15)8(14)7(21-11)5-20-22(17,18)19;12-10(17)6-2-1-3-13(4-6)11-9(16)8(15)7(5-14)18-11;13-8-7(5-20-22(17,18)19)21-10(9(8)14)12-3-1-2-6(4-12)11(15)16;13-5-7-8(14)9(15)10(18-7)12-3-1-2-6(4-12)11(16)17;7-6(9)5-2-1-3-8-4-5;8-6(9)5-2-1-3-7-4-5/h1-4,7-9,11,14-15H,5H2,(H3-,12,16,17,18,19);1-4,7-9,11,14-16H,5H2,(H-,12,17);1-4,7-10,13-14H,5H2,(H2-,15,16,17,18,19);1-4,7-10,13-15H,5H2;1-4H,(H2,7,9);1-4H,(H,8,9)/p+4/t2*7-,8-,9-,11-;2*7-,8-,9-,10-;;/m1111../s1. The Labute approximate surface area is 552 Å². The van der Waals surface area contributed by atoms with E-state index in [2.05, 4.69) is 19.0 Å². The van der Waals surface area contributed by atoms with Crippen molar-refractivity contribution in [2.75, 3.05) is 26.4 Å². The van der Waals surface area contributed by atoms with Gasteiger partial charge in [-0.3, -0.25) is 33.4 Å². The van der Waals surface area contributed by atoms with E-state index in [1.165, 1.54) is 129 Å². The van der Waals surface area contributed by atoms with E-state index in [0.717, 1.165) is 0 Å². The van der Waals surface area contributed by atoms with Gasteiger partial charge in [0.05, 0.1) is 37.6 Å². The summed E-state index contributed by atoms with van der Waals surface area (Å²) in [7, 11) is -9.45. The molecule has 0 spiro atoms. The fourth-order valence-corrected chi connectivity index (χ4v) is 9.65. The molecule has 10 heterocycles. The summed E-state index contributed by atoms with van der Waals surface area (Å²) in [6, 6.07) is 18.1. The van der Waals surface area contributed by atoms with E-state index >= 15 is 0 Å². The number of carboxylic acid groups (broad SMARTS) is 3. The normalized spacial score (nSPS) is 26.1. The van der Waals surface area contributed by atoms with Crippen LogP contribution in [0.5, 0.6) is 0 Å². The Morgan fingerprint density at radius 3 is 0.878 bits per heavy atom. The van der Waals surface area contributed by atoms with Gasteiger partial charge in [-0.15, -0.1) is 0 Å². The Morgan fingerprint density at radius 2 is 0.653 bits per heavy atom. The average Bonchev–Trinajstić information content (AvgIpc) is 1.68. The number of pyridine rings is 6. The molecule has 23 N–H and O–H groups in total. The Kier molecular flexibility index (Phi) is 30.1. The molecule has 4 aliphatic rings. The lowest BCUT2D eigenvalue weighted by Gasteiger charge is -2.13. The van der Waals surface area contributed by atoms with Crippen molar-refractivity contribution in [2.24, 2.45) is 17.2 Å². The highest BCUT2D eigenvalue weighted by Gasteiger charge is 2.52. The average molecular weight is 1430 g/mol. The topological polar surface area (TPSA) is 655 Å². The highest BCUT2D eigenvalue weighted by atomic mass is 31.2. The lowest BCUT2D eigenvalue weighted by atomic mass is 10.1. The van der Waals surface area contributed by atoms with Crippen molar-refractivity contribution in [1.29, 1.82) is 0 Å². The molecule has 4 aliphatic heterocycles. The van der Waals surface area contributed by atoms with Crippen molar-refractivity contribution in [1.82, 2.24) is 9.97 Å². The lowest BCUT2D eigenvalue weighted by Crippen LogP contribution is -2.46. The first-order chi connectivity index (χ1) is 46.1. The number of aromatic nitrogens is 6. The molecule has 0 unspecified atom stereocenters. The first kappa shape index (κ1) is 80.1. The van der Waals surface area contributed by atoms with Gasteiger partial charge in [0.15, 0.2) is 74.0 Å². The van der Waals surface area contributed by atoms with Crippen LogP contribution in [0, 0.1) is 0 Å². The Balaban J connectivity index is 0.000000218. The summed E-state index contributed by atoms with van der Waals surface area (Å²) >= 11 is 0. The largest absolute Gasteiger partial charge is 0.478 e. The highest BCUT2D eigenvalue weighted by molar-refractivity contribution is 7.46. The van der Waals surface area contributed by atoms with Gasteiger partial charge in [0.1, 0.15) is 71.1 Å². The van der Waals surface area contributed by atoms with E-state index in [1.54, 1.807) is 36.7 Å². The van der Waals surface area contributed by atoms with Gasteiger partial charge in [-0.2, -0.15) is 18.3 Å². The van der Waals surface area contributed by atoms with Gasteiger partial charge in [0.25, 0.3) is 36.7 Å². The summed E-state index contributed by atoms with van der Waals surface area (Å²) in [6.07, 6.45) is -1.33. The number of hydrogen-bond donors (Lipinski definition) is 20. The molecular weight excluding hydrogens is 1360 g/mol. The van der Waals surface area contributed by atoms with Crippen LogP contribution >= 0.6 is 15.6 Å². The molecule has 4 fully saturated rings. The van der Waals surface area contributed by atoms with Crippen LogP contribution in [0.4, 0.5) is 0 Å². The number of phosphoric ester groups is 2. The van der Waals surface area contributed by atoms with Crippen molar-refractivity contribution in [2.45, 2.75) is 98.2 Å². The van der Waals surface area contributed by atoms with Crippen LogP contribution in [-0.2, 0) is 37.1 Å². The summed E-state index contributed by atoms with van der Waals surface area (Å²) in [4.78, 5) is 106. The van der Waals surface area contributed by atoms with Crippen LogP contribution in [0.1, 0.15) is 87.1 Å². The molecule has 98 heavy (non-hydrogen) atoms. The van der Waals surface area contributed by atoms with Crippen molar-refractivity contribution in [3.63, 3.8) is 0 Å². The zero-order valence-electron chi connectivity index (χ0n) is 50.6.